The van der Waals surface area contributed by atoms with Crippen molar-refractivity contribution in [1.29, 1.82) is 0 Å². The summed E-state index contributed by atoms with van der Waals surface area (Å²) in [7, 11) is 2.03. The molecule has 2 unspecified atom stereocenters. The molecule has 2 aromatic rings. The van der Waals surface area contributed by atoms with Gasteiger partial charge in [0.1, 0.15) is 23.4 Å². The van der Waals surface area contributed by atoms with Crippen LogP contribution >= 0.6 is 15.9 Å². The molecule has 8 heteroatoms. The van der Waals surface area contributed by atoms with Crippen molar-refractivity contribution >= 4 is 44.4 Å². The minimum atomic E-state index is -0.464. The van der Waals surface area contributed by atoms with E-state index in [9.17, 15) is 4.79 Å². The van der Waals surface area contributed by atoms with Gasteiger partial charge in [0.05, 0.1) is 15.6 Å². The molecule has 0 radical (unpaired) electrons. The summed E-state index contributed by atoms with van der Waals surface area (Å²) in [5.41, 5.74) is 9.20. The number of rotatable bonds is 1. The van der Waals surface area contributed by atoms with E-state index in [0.29, 0.717) is 5.82 Å². The Morgan fingerprint density at radius 2 is 2.06 bits per heavy atom. The Morgan fingerprint density at radius 3 is 2.65 bits per heavy atom. The Kier molecular flexibility index (Phi) is 5.56. The summed E-state index contributed by atoms with van der Waals surface area (Å²) in [5.74, 6) is 0.495. The molecule has 2 atom stereocenters. The summed E-state index contributed by atoms with van der Waals surface area (Å²) in [5, 5.41) is 0.875. The molecule has 3 heterocycles. The second kappa shape index (κ2) is 7.80. The summed E-state index contributed by atoms with van der Waals surface area (Å²) < 4.78 is 8.69. The predicted octanol–water partition coefficient (Wildman–Crippen LogP) is 5.29. The van der Waals surface area contributed by atoms with E-state index in [1.54, 1.807) is 0 Å². The monoisotopic (exact) mass is 489 g/mol. The number of amides is 1. The molecule has 0 saturated carbocycles. The maximum Gasteiger partial charge on any atom is 0.410 e. The quantitative estimate of drug-likeness (QED) is 0.588. The Balaban J connectivity index is 1.52. The van der Waals surface area contributed by atoms with E-state index < -0.39 is 5.60 Å². The number of nitrogen functional groups attached to an aromatic ring is 1. The summed E-state index contributed by atoms with van der Waals surface area (Å²) in [6, 6.07) is 0.179. The van der Waals surface area contributed by atoms with Gasteiger partial charge >= 0.3 is 6.09 Å². The number of carbonyl (C=O) groups is 1. The van der Waals surface area contributed by atoms with E-state index in [1.165, 1.54) is 11.9 Å². The van der Waals surface area contributed by atoms with Gasteiger partial charge in [-0.2, -0.15) is 0 Å². The average Bonchev–Trinajstić information content (AvgIpc) is 2.93. The van der Waals surface area contributed by atoms with Crippen molar-refractivity contribution < 1.29 is 9.53 Å². The van der Waals surface area contributed by atoms with Gasteiger partial charge in [-0.3, -0.25) is 0 Å². The molecule has 7 nitrogen and oxygen atoms in total. The van der Waals surface area contributed by atoms with Crippen molar-refractivity contribution in [1.82, 2.24) is 19.4 Å². The van der Waals surface area contributed by atoms with E-state index in [1.807, 2.05) is 32.7 Å². The first-order chi connectivity index (χ1) is 14.5. The molecule has 0 bridgehead atoms. The van der Waals surface area contributed by atoms with E-state index in [4.69, 9.17) is 10.5 Å². The highest BCUT2D eigenvalue weighted by atomic mass is 79.9. The Hall–Kier alpha value is -2.09. The number of aromatic nitrogens is 3. The Bertz CT molecular complexity index is 1050. The molecule has 4 rings (SSSR count). The largest absolute Gasteiger partial charge is 0.444 e. The van der Waals surface area contributed by atoms with E-state index >= 15 is 0 Å². The number of halogens is 1. The van der Waals surface area contributed by atoms with E-state index in [0.717, 1.165) is 59.8 Å². The van der Waals surface area contributed by atoms with E-state index in [-0.39, 0.29) is 17.6 Å². The van der Waals surface area contributed by atoms with Crippen LogP contribution in [0.2, 0.25) is 0 Å². The first-order valence-corrected chi connectivity index (χ1v) is 11.7. The van der Waals surface area contributed by atoms with Gasteiger partial charge in [-0.25, -0.2) is 14.8 Å². The number of anilines is 1. The maximum absolute atomic E-state index is 12.6. The maximum atomic E-state index is 12.6. The minimum absolute atomic E-state index is 0.179. The fraction of sp³-hybridized carbons (Fsp3) is 0.609. The molecule has 2 aliphatic rings. The molecule has 1 spiro atoms. The van der Waals surface area contributed by atoms with Gasteiger partial charge in [-0.05, 0) is 86.7 Å². The predicted molar refractivity (Wildman–Crippen MR) is 127 cm³/mol. The van der Waals surface area contributed by atoms with Crippen LogP contribution in [0, 0.1) is 5.41 Å². The number of aryl methyl sites for hydroxylation is 1. The third-order valence-electron chi connectivity index (χ3n) is 6.72. The number of nitrogens with zero attached hydrogens (tertiary/aromatic N) is 4. The number of ether oxygens (including phenoxy) is 1. The molecule has 1 aliphatic carbocycles. The van der Waals surface area contributed by atoms with Crippen LogP contribution in [0.25, 0.3) is 16.6 Å². The fourth-order valence-corrected chi connectivity index (χ4v) is 6.06. The number of likely N-dealkylation sites (tertiary alicyclic amines) is 1. The van der Waals surface area contributed by atoms with Gasteiger partial charge in [0, 0.05) is 19.6 Å². The lowest BCUT2D eigenvalue weighted by Crippen LogP contribution is -2.50. The van der Waals surface area contributed by atoms with Crippen LogP contribution in [0.3, 0.4) is 0 Å². The summed E-state index contributed by atoms with van der Waals surface area (Å²) in [6.07, 6.45) is 8.83. The van der Waals surface area contributed by atoms with Crippen molar-refractivity contribution in [3.05, 3.63) is 22.6 Å². The highest BCUT2D eigenvalue weighted by Gasteiger charge is 2.41. The first kappa shape index (κ1) is 22.1. The van der Waals surface area contributed by atoms with Crippen LogP contribution in [0.15, 0.2) is 16.9 Å². The average molecular weight is 490 g/mol. The number of carbonyl (C=O) groups excluding carboxylic acids is 1. The van der Waals surface area contributed by atoms with Crippen molar-refractivity contribution in [2.45, 2.75) is 71.4 Å². The lowest BCUT2D eigenvalue weighted by atomic mass is 9.67. The Morgan fingerprint density at radius 1 is 1.32 bits per heavy atom. The standard InChI is InChI=1S/C23H32BrN5O2/c1-14-12-23(10-11-29(14)21(30)31-22(2,3)4)8-6-15(7-9-23)18-17(24)16-19(25)26-13-27-20(16)28(18)5/h6,13-14H,7-12H2,1-5H3,(H2,25,26,27). The number of allylic oxidation sites excluding steroid dienone is 2. The highest BCUT2D eigenvalue weighted by molar-refractivity contribution is 9.10. The molecular weight excluding hydrogens is 458 g/mol. The smallest absolute Gasteiger partial charge is 0.410 e. The van der Waals surface area contributed by atoms with Gasteiger partial charge in [0.25, 0.3) is 0 Å². The van der Waals surface area contributed by atoms with Crippen LogP contribution in [-0.4, -0.2) is 43.7 Å². The van der Waals surface area contributed by atoms with Crippen molar-refractivity contribution in [2.24, 2.45) is 12.5 Å². The lowest BCUT2D eigenvalue weighted by Gasteiger charge is -2.47. The normalized spacial score (nSPS) is 24.5. The first-order valence-electron chi connectivity index (χ1n) is 10.9. The van der Waals surface area contributed by atoms with Crippen LogP contribution in [0.1, 0.15) is 65.5 Å². The minimum Gasteiger partial charge on any atom is -0.444 e. The number of piperidine rings is 1. The van der Waals surface area contributed by atoms with Crippen LogP contribution in [0.4, 0.5) is 10.6 Å². The van der Waals surface area contributed by atoms with Crippen LogP contribution in [0.5, 0.6) is 0 Å². The lowest BCUT2D eigenvalue weighted by molar-refractivity contribution is -0.00678. The third kappa shape index (κ3) is 4.06. The summed E-state index contributed by atoms with van der Waals surface area (Å²) in [6.45, 7) is 8.64. The van der Waals surface area contributed by atoms with Gasteiger partial charge in [0.15, 0.2) is 0 Å². The van der Waals surface area contributed by atoms with Gasteiger partial charge < -0.3 is 19.9 Å². The number of hydrogen-bond acceptors (Lipinski definition) is 5. The zero-order valence-corrected chi connectivity index (χ0v) is 20.6. The highest BCUT2D eigenvalue weighted by Crippen LogP contribution is 2.49. The zero-order chi connectivity index (χ0) is 22.6. The molecule has 31 heavy (non-hydrogen) atoms. The molecule has 1 fully saturated rings. The molecule has 1 saturated heterocycles. The number of nitrogens with two attached hydrogens (primary N) is 1. The van der Waals surface area contributed by atoms with E-state index in [2.05, 4.69) is 43.5 Å². The molecule has 2 N–H and O–H groups in total. The molecular formula is C23H32BrN5O2. The van der Waals surface area contributed by atoms with Gasteiger partial charge in [-0.1, -0.05) is 6.08 Å². The molecule has 168 valence electrons. The van der Waals surface area contributed by atoms with Gasteiger partial charge in [-0.15, -0.1) is 0 Å². The van der Waals surface area contributed by atoms with Crippen LogP contribution < -0.4 is 5.73 Å². The molecule has 1 amide bonds. The zero-order valence-electron chi connectivity index (χ0n) is 19.0. The second-order valence-corrected chi connectivity index (χ2v) is 10.9. The molecule has 1 aliphatic heterocycles. The van der Waals surface area contributed by atoms with Crippen LogP contribution in [-0.2, 0) is 11.8 Å². The van der Waals surface area contributed by atoms with Crippen molar-refractivity contribution in [3.8, 4) is 0 Å². The second-order valence-electron chi connectivity index (χ2n) is 10.1. The third-order valence-corrected chi connectivity index (χ3v) is 7.49. The topological polar surface area (TPSA) is 86.3 Å². The van der Waals surface area contributed by atoms with Gasteiger partial charge in [0.2, 0.25) is 0 Å². The Labute approximate surface area is 192 Å². The van der Waals surface area contributed by atoms with Crippen molar-refractivity contribution in [2.75, 3.05) is 12.3 Å². The van der Waals surface area contributed by atoms with Crippen molar-refractivity contribution in [3.63, 3.8) is 0 Å². The molecule has 2 aromatic heterocycles. The number of fused-ring (bicyclic) bond motifs is 1. The number of hydrogen-bond donors (Lipinski definition) is 1. The SMILES string of the molecule is CC1CC2(CC=C(c3c(Br)c4c(N)ncnc4n3C)CC2)CCN1C(=O)OC(C)(C)C. The molecule has 0 aromatic carbocycles. The summed E-state index contributed by atoms with van der Waals surface area (Å²) in [4.78, 5) is 23.1. The fourth-order valence-electron chi connectivity index (χ4n) is 5.16. The summed E-state index contributed by atoms with van der Waals surface area (Å²) >= 11 is 3.75.